The summed E-state index contributed by atoms with van der Waals surface area (Å²) in [6.45, 7) is 0. The molecule has 1 heterocycles. The normalized spacial score (nSPS) is 11.7. The topological polar surface area (TPSA) is 106 Å². The van der Waals surface area contributed by atoms with Gasteiger partial charge >= 0.3 is 5.69 Å². The number of nitro benzene ring substituents is 1. The van der Waals surface area contributed by atoms with E-state index in [0.29, 0.717) is 15.5 Å². The molecule has 0 saturated carbocycles. The molecule has 0 N–H and O–H groups in total. The maximum absolute atomic E-state index is 12.7. The van der Waals surface area contributed by atoms with Crippen molar-refractivity contribution in [1.29, 1.82) is 5.26 Å². The summed E-state index contributed by atoms with van der Waals surface area (Å²) in [5, 5.41) is 21.4. The minimum Gasteiger partial charge on any atom is -0.490 e. The Morgan fingerprint density at radius 1 is 1.38 bits per heavy atom. The number of carbonyl (C=O) groups excluding carboxylic acids is 1. The third-order valence-corrected chi connectivity index (χ3v) is 5.00. The van der Waals surface area contributed by atoms with Gasteiger partial charge in [-0.15, -0.1) is 11.3 Å². The predicted octanol–water partition coefficient (Wildman–Crippen LogP) is 4.36. The Hall–Kier alpha value is -3.02. The lowest BCUT2D eigenvalue weighted by Crippen LogP contribution is -2.11. The van der Waals surface area contributed by atoms with Gasteiger partial charge in [-0.1, -0.05) is 11.6 Å². The van der Waals surface area contributed by atoms with Gasteiger partial charge in [0, 0.05) is 16.7 Å². The number of halogens is 1. The summed E-state index contributed by atoms with van der Waals surface area (Å²) in [7, 11) is 1.30. The summed E-state index contributed by atoms with van der Waals surface area (Å²) < 4.78 is 5.71. The lowest BCUT2D eigenvalue weighted by Gasteiger charge is -2.07. The van der Waals surface area contributed by atoms with Crippen LogP contribution < -0.4 is 4.74 Å². The highest BCUT2D eigenvalue weighted by atomic mass is 35.5. The molecule has 0 spiro atoms. The van der Waals surface area contributed by atoms with Crippen LogP contribution in [0.15, 0.2) is 36.4 Å². The van der Waals surface area contributed by atoms with Crippen LogP contribution >= 0.6 is 22.9 Å². The van der Waals surface area contributed by atoms with Gasteiger partial charge in [-0.25, -0.2) is 4.98 Å². The van der Waals surface area contributed by atoms with E-state index in [9.17, 15) is 20.2 Å². The van der Waals surface area contributed by atoms with Crippen molar-refractivity contribution in [2.24, 2.45) is 0 Å². The third-order valence-electron chi connectivity index (χ3n) is 3.66. The van der Waals surface area contributed by atoms with Crippen LogP contribution in [0.5, 0.6) is 5.75 Å². The lowest BCUT2D eigenvalue weighted by atomic mass is 9.99. The molecule has 0 aliphatic heterocycles. The highest BCUT2D eigenvalue weighted by molar-refractivity contribution is 7.18. The summed E-state index contributed by atoms with van der Waals surface area (Å²) in [6, 6.07) is 10.9. The van der Waals surface area contributed by atoms with Crippen LogP contribution in [0.1, 0.15) is 21.3 Å². The molecule has 1 unspecified atom stereocenters. The van der Waals surface area contributed by atoms with Crippen molar-refractivity contribution in [3.8, 4) is 11.8 Å². The van der Waals surface area contributed by atoms with E-state index in [4.69, 9.17) is 16.3 Å². The highest BCUT2D eigenvalue weighted by Gasteiger charge is 2.27. The largest absolute Gasteiger partial charge is 0.490 e. The van der Waals surface area contributed by atoms with Crippen LogP contribution in [0.3, 0.4) is 0 Å². The molecule has 1 atom stereocenters. The minimum absolute atomic E-state index is 0.0367. The monoisotopic (exact) mass is 387 g/mol. The fraction of sp³-hybridized carbons (Fsp3) is 0.118. The van der Waals surface area contributed by atoms with Gasteiger partial charge in [0.25, 0.3) is 0 Å². The zero-order chi connectivity index (χ0) is 18.8. The Kier molecular flexibility index (Phi) is 4.84. The molecule has 0 saturated heterocycles. The van der Waals surface area contributed by atoms with E-state index < -0.39 is 16.6 Å². The number of nitriles is 1. The first-order valence-electron chi connectivity index (χ1n) is 7.27. The number of ether oxygens (including phenoxy) is 1. The number of ketones is 1. The van der Waals surface area contributed by atoms with E-state index in [2.05, 4.69) is 4.98 Å². The summed E-state index contributed by atoms with van der Waals surface area (Å²) >= 11 is 7.14. The van der Waals surface area contributed by atoms with E-state index in [1.807, 2.05) is 6.07 Å². The average molecular weight is 388 g/mol. The number of hydrogen-bond acceptors (Lipinski definition) is 7. The first-order valence-corrected chi connectivity index (χ1v) is 8.46. The first kappa shape index (κ1) is 17.8. The molecule has 3 rings (SSSR count). The van der Waals surface area contributed by atoms with Gasteiger partial charge in [-0.3, -0.25) is 14.9 Å². The van der Waals surface area contributed by atoms with Crippen LogP contribution in [0.25, 0.3) is 10.2 Å². The van der Waals surface area contributed by atoms with Gasteiger partial charge in [0.15, 0.2) is 17.5 Å². The third kappa shape index (κ3) is 3.22. The second-order valence-electron chi connectivity index (χ2n) is 5.23. The van der Waals surface area contributed by atoms with E-state index in [1.165, 1.54) is 30.6 Å². The Labute approximate surface area is 156 Å². The molecule has 3 aromatic rings. The molecule has 7 nitrogen and oxygen atoms in total. The van der Waals surface area contributed by atoms with Gasteiger partial charge in [-0.2, -0.15) is 5.26 Å². The van der Waals surface area contributed by atoms with Crippen molar-refractivity contribution in [2.45, 2.75) is 5.92 Å². The van der Waals surface area contributed by atoms with E-state index in [1.54, 1.807) is 18.2 Å². The van der Waals surface area contributed by atoms with Gasteiger partial charge in [0.2, 0.25) is 0 Å². The number of carbonyl (C=O) groups is 1. The van der Waals surface area contributed by atoms with Gasteiger partial charge in [-0.05, 0) is 30.3 Å². The number of nitro groups is 1. The number of nitrogens with zero attached hydrogens (tertiary/aromatic N) is 3. The summed E-state index contributed by atoms with van der Waals surface area (Å²) in [4.78, 5) is 27.6. The van der Waals surface area contributed by atoms with Crippen molar-refractivity contribution in [3.05, 3.63) is 62.1 Å². The van der Waals surface area contributed by atoms with Crippen molar-refractivity contribution in [1.82, 2.24) is 4.98 Å². The maximum atomic E-state index is 12.7. The number of benzene rings is 2. The van der Waals surface area contributed by atoms with Crippen molar-refractivity contribution >= 4 is 44.6 Å². The predicted molar refractivity (Wildman–Crippen MR) is 97.0 cm³/mol. The zero-order valence-electron chi connectivity index (χ0n) is 13.3. The van der Waals surface area contributed by atoms with Crippen molar-refractivity contribution < 1.29 is 14.5 Å². The number of Topliss-reactive ketones (excluding diaryl/α,β-unsaturated/α-hetero) is 1. The molecule has 0 aliphatic rings. The minimum atomic E-state index is -1.17. The van der Waals surface area contributed by atoms with Gasteiger partial charge in [0.1, 0.15) is 5.01 Å². The number of rotatable bonds is 5. The van der Waals surface area contributed by atoms with E-state index in [0.717, 1.165) is 10.8 Å². The van der Waals surface area contributed by atoms with Crippen LogP contribution in [0, 0.1) is 21.4 Å². The molecule has 0 radical (unpaired) electrons. The van der Waals surface area contributed by atoms with Gasteiger partial charge < -0.3 is 4.74 Å². The van der Waals surface area contributed by atoms with Crippen LogP contribution in [0.2, 0.25) is 5.02 Å². The van der Waals surface area contributed by atoms with Crippen molar-refractivity contribution in [2.75, 3.05) is 7.11 Å². The zero-order valence-corrected chi connectivity index (χ0v) is 14.9. The molecule has 0 fully saturated rings. The number of methoxy groups -OCH3 is 1. The molecular weight excluding hydrogens is 378 g/mol. The second-order valence-corrected chi connectivity index (χ2v) is 6.73. The number of hydrogen-bond donors (Lipinski definition) is 0. The first-order chi connectivity index (χ1) is 12.4. The van der Waals surface area contributed by atoms with E-state index >= 15 is 0 Å². The molecule has 130 valence electrons. The molecule has 0 aliphatic carbocycles. The Morgan fingerprint density at radius 2 is 2.15 bits per heavy atom. The standard InChI is InChI=1S/C17H10ClN3O4S/c1-25-14-4-2-9(6-13(14)21(23)24)16(22)11(8-19)17-20-12-7-10(18)3-5-15(12)26-17/h2-7,11H,1H3. The fourth-order valence-electron chi connectivity index (χ4n) is 2.42. The smallest absolute Gasteiger partial charge is 0.311 e. The van der Waals surface area contributed by atoms with Crippen LogP contribution in [-0.2, 0) is 0 Å². The maximum Gasteiger partial charge on any atom is 0.311 e. The molecule has 26 heavy (non-hydrogen) atoms. The van der Waals surface area contributed by atoms with E-state index in [-0.39, 0.29) is 17.0 Å². The average Bonchev–Trinajstić information content (AvgIpc) is 3.04. The van der Waals surface area contributed by atoms with Crippen LogP contribution in [0.4, 0.5) is 5.69 Å². The van der Waals surface area contributed by atoms with Crippen molar-refractivity contribution in [3.63, 3.8) is 0 Å². The number of aromatic nitrogens is 1. The summed E-state index contributed by atoms with van der Waals surface area (Å²) in [5.41, 5.74) is 0.290. The molecule has 2 aromatic carbocycles. The molecular formula is C17H10ClN3O4S. The van der Waals surface area contributed by atoms with Crippen LogP contribution in [-0.4, -0.2) is 22.8 Å². The molecule has 0 bridgehead atoms. The quantitative estimate of drug-likeness (QED) is 0.366. The SMILES string of the molecule is COc1ccc(C(=O)C(C#N)c2nc3cc(Cl)ccc3s2)cc1[N+](=O)[O-]. The highest BCUT2D eigenvalue weighted by Crippen LogP contribution is 2.33. The lowest BCUT2D eigenvalue weighted by molar-refractivity contribution is -0.385. The Bertz CT molecular complexity index is 1070. The second kappa shape index (κ2) is 7.07. The van der Waals surface area contributed by atoms with Gasteiger partial charge in [0.05, 0.1) is 28.3 Å². The Balaban J connectivity index is 2.02. The summed E-state index contributed by atoms with van der Waals surface area (Å²) in [6.07, 6.45) is 0. The molecule has 0 amide bonds. The molecule has 9 heteroatoms. The Morgan fingerprint density at radius 3 is 2.81 bits per heavy atom. The number of thiazole rings is 1. The molecule has 1 aromatic heterocycles. The summed E-state index contributed by atoms with van der Waals surface area (Å²) in [5.74, 6) is -1.70. The fourth-order valence-corrected chi connectivity index (χ4v) is 3.58. The number of fused-ring (bicyclic) bond motifs is 1.